The number of carboxylic acids is 1. The number of aliphatic carboxylic acids is 1. The van der Waals surface area contributed by atoms with Crippen LogP contribution in [0, 0.1) is 7.14 Å². The second kappa shape index (κ2) is 7.20. The van der Waals surface area contributed by atoms with Crippen LogP contribution in [0.2, 0.25) is 0 Å². The summed E-state index contributed by atoms with van der Waals surface area (Å²) in [5.41, 5.74) is 0.244. The number of carbonyl (C=O) groups excluding carboxylic acids is 1. The first-order valence-electron chi connectivity index (χ1n) is 5.00. The van der Waals surface area contributed by atoms with Gasteiger partial charge in [-0.25, -0.2) is 4.79 Å². The molecular weight excluding hydrogens is 520 g/mol. The first kappa shape index (κ1) is 17.9. The Balaban J connectivity index is 2.87. The Bertz CT molecular complexity index is 528. The highest BCUT2D eigenvalue weighted by Gasteiger charge is 2.40. The van der Waals surface area contributed by atoms with Gasteiger partial charge in [0.25, 0.3) is 0 Å². The maximum absolute atomic E-state index is 12.9. The zero-order valence-corrected chi connectivity index (χ0v) is 15.1. The van der Waals surface area contributed by atoms with Crippen molar-refractivity contribution in [3.8, 4) is 5.75 Å². The van der Waals surface area contributed by atoms with E-state index in [1.807, 2.05) is 45.2 Å². The number of halogens is 4. The number of alkyl halides is 2. The predicted molar refractivity (Wildman–Crippen MR) is 87.8 cm³/mol. The van der Waals surface area contributed by atoms with Gasteiger partial charge in [-0.3, -0.25) is 4.79 Å². The van der Waals surface area contributed by atoms with Gasteiger partial charge in [0.2, 0.25) is 0 Å². The molecule has 1 aromatic carbocycles. The lowest BCUT2D eigenvalue weighted by Gasteiger charge is -2.11. The highest BCUT2D eigenvalue weighted by atomic mass is 127. The number of thioether (sulfide) groups is 1. The van der Waals surface area contributed by atoms with E-state index in [2.05, 4.69) is 0 Å². The summed E-state index contributed by atoms with van der Waals surface area (Å²) in [7, 11) is 1.49. The van der Waals surface area contributed by atoms with Crippen molar-refractivity contribution in [1.29, 1.82) is 0 Å². The highest BCUT2D eigenvalue weighted by Crippen LogP contribution is 2.32. The van der Waals surface area contributed by atoms with Crippen molar-refractivity contribution in [2.24, 2.45) is 0 Å². The molecule has 0 saturated carbocycles. The molecule has 0 spiro atoms. The maximum atomic E-state index is 12.9. The van der Waals surface area contributed by atoms with Crippen molar-refractivity contribution in [2.45, 2.75) is 5.25 Å². The molecule has 110 valence electrons. The fraction of sp³-hybridized carbons (Fsp3) is 0.273. The standard InChI is InChI=1S/C11H8F2I2O4S/c1-19-9-6(14)2-5(3-7(9)15)8(16)4-20-11(12,13)10(17)18/h2-3H,4H2,1H3,(H,17,18). The van der Waals surface area contributed by atoms with Crippen LogP contribution in [0.1, 0.15) is 10.4 Å². The van der Waals surface area contributed by atoms with Crippen LogP contribution in [0.25, 0.3) is 0 Å². The smallest absolute Gasteiger partial charge is 0.389 e. The monoisotopic (exact) mass is 528 g/mol. The zero-order chi connectivity index (χ0) is 15.5. The van der Waals surface area contributed by atoms with Crippen LogP contribution in [-0.2, 0) is 4.79 Å². The van der Waals surface area contributed by atoms with Gasteiger partial charge in [0.05, 0.1) is 20.0 Å². The minimum atomic E-state index is -3.97. The van der Waals surface area contributed by atoms with Gasteiger partial charge in [0.1, 0.15) is 5.75 Å². The van der Waals surface area contributed by atoms with E-state index in [0.29, 0.717) is 12.9 Å². The molecule has 1 aromatic rings. The summed E-state index contributed by atoms with van der Waals surface area (Å²) in [5, 5.41) is 4.31. The summed E-state index contributed by atoms with van der Waals surface area (Å²) in [5.74, 6) is -2.83. The predicted octanol–water partition coefficient (Wildman–Crippen LogP) is 3.50. The van der Waals surface area contributed by atoms with Gasteiger partial charge in [-0.2, -0.15) is 8.78 Å². The number of hydrogen-bond acceptors (Lipinski definition) is 4. The van der Waals surface area contributed by atoms with Gasteiger partial charge in [0, 0.05) is 5.56 Å². The lowest BCUT2D eigenvalue weighted by molar-refractivity contribution is -0.152. The summed E-state index contributed by atoms with van der Waals surface area (Å²) >= 11 is 3.73. The van der Waals surface area contributed by atoms with Crippen LogP contribution >= 0.6 is 56.9 Å². The molecule has 9 heteroatoms. The van der Waals surface area contributed by atoms with Crippen molar-refractivity contribution in [2.75, 3.05) is 12.9 Å². The molecule has 0 aromatic heterocycles. The van der Waals surface area contributed by atoms with E-state index in [4.69, 9.17) is 9.84 Å². The average Bonchev–Trinajstić information content (AvgIpc) is 2.35. The van der Waals surface area contributed by atoms with Crippen LogP contribution < -0.4 is 4.74 Å². The Kier molecular flexibility index (Phi) is 6.44. The van der Waals surface area contributed by atoms with Crippen LogP contribution in [0.3, 0.4) is 0 Å². The molecule has 0 radical (unpaired) electrons. The molecule has 0 fully saturated rings. The minimum Gasteiger partial charge on any atom is -0.495 e. The van der Waals surface area contributed by atoms with E-state index >= 15 is 0 Å². The minimum absolute atomic E-state index is 0.207. The third-order valence-electron chi connectivity index (χ3n) is 2.16. The van der Waals surface area contributed by atoms with E-state index in [1.165, 1.54) is 19.2 Å². The number of carbonyl (C=O) groups is 2. The number of methoxy groups -OCH3 is 1. The van der Waals surface area contributed by atoms with E-state index in [-0.39, 0.29) is 17.3 Å². The Hall–Kier alpha value is -0.170. The Morgan fingerprint density at radius 2 is 1.85 bits per heavy atom. The van der Waals surface area contributed by atoms with Gasteiger partial charge in [-0.05, 0) is 57.3 Å². The molecule has 0 aliphatic carbocycles. The normalized spacial score (nSPS) is 11.2. The largest absolute Gasteiger partial charge is 0.495 e. The fourth-order valence-corrected chi connectivity index (χ4v) is 4.03. The van der Waals surface area contributed by atoms with Gasteiger partial charge in [0.15, 0.2) is 5.78 Å². The molecule has 20 heavy (non-hydrogen) atoms. The van der Waals surface area contributed by atoms with Gasteiger partial charge < -0.3 is 9.84 Å². The molecule has 0 heterocycles. The molecular formula is C11H8F2I2O4S. The maximum Gasteiger partial charge on any atom is 0.389 e. The Morgan fingerprint density at radius 1 is 1.35 bits per heavy atom. The quantitative estimate of drug-likeness (QED) is 0.453. The zero-order valence-electron chi connectivity index (χ0n) is 9.95. The lowest BCUT2D eigenvalue weighted by atomic mass is 10.1. The number of Topliss-reactive ketones (excluding diaryl/α,β-unsaturated/α-hetero) is 1. The summed E-state index contributed by atoms with van der Waals surface area (Å²) in [4.78, 5) is 22.1. The molecule has 4 nitrogen and oxygen atoms in total. The van der Waals surface area contributed by atoms with E-state index in [1.54, 1.807) is 0 Å². The summed E-state index contributed by atoms with van der Waals surface area (Å²) in [6.45, 7) is 0. The van der Waals surface area contributed by atoms with Crippen LogP contribution in [0.4, 0.5) is 8.78 Å². The second-order valence-electron chi connectivity index (χ2n) is 3.51. The van der Waals surface area contributed by atoms with Crippen LogP contribution in [0.5, 0.6) is 5.75 Å². The number of ether oxygens (including phenoxy) is 1. The van der Waals surface area contributed by atoms with E-state index in [9.17, 15) is 18.4 Å². The number of carboxylic acid groups (broad SMARTS) is 1. The van der Waals surface area contributed by atoms with Crippen molar-refractivity contribution >= 4 is 68.7 Å². The summed E-state index contributed by atoms with van der Waals surface area (Å²) in [6, 6.07) is 3.03. The highest BCUT2D eigenvalue weighted by molar-refractivity contribution is 14.1. The Labute approximate surface area is 144 Å². The fourth-order valence-electron chi connectivity index (χ4n) is 1.22. The van der Waals surface area contributed by atoms with E-state index in [0.717, 1.165) is 0 Å². The number of benzene rings is 1. The molecule has 0 aliphatic heterocycles. The molecule has 1 N–H and O–H groups in total. The van der Waals surface area contributed by atoms with Crippen molar-refractivity contribution < 1.29 is 28.2 Å². The molecule has 0 aliphatic rings. The molecule has 0 atom stereocenters. The van der Waals surface area contributed by atoms with Crippen molar-refractivity contribution in [3.05, 3.63) is 24.8 Å². The van der Waals surface area contributed by atoms with Crippen molar-refractivity contribution in [3.63, 3.8) is 0 Å². The summed E-state index contributed by atoms with van der Waals surface area (Å²) in [6.07, 6.45) is 0. The SMILES string of the molecule is COc1c(I)cc(C(=O)CSC(F)(F)C(=O)O)cc1I. The third kappa shape index (κ3) is 4.41. The molecule has 0 unspecified atom stereocenters. The molecule has 0 bridgehead atoms. The summed E-state index contributed by atoms with van der Waals surface area (Å²) < 4.78 is 32.3. The average molecular weight is 528 g/mol. The third-order valence-corrected chi connectivity index (χ3v) is 4.70. The first-order valence-corrected chi connectivity index (χ1v) is 8.14. The molecule has 0 amide bonds. The Morgan fingerprint density at radius 3 is 2.25 bits per heavy atom. The molecule has 0 saturated heterocycles. The van der Waals surface area contributed by atoms with Gasteiger partial charge in [-0.15, -0.1) is 0 Å². The number of ketones is 1. The van der Waals surface area contributed by atoms with Gasteiger partial charge in [-0.1, -0.05) is 11.8 Å². The van der Waals surface area contributed by atoms with E-state index < -0.39 is 22.8 Å². The first-order chi connectivity index (χ1) is 9.19. The van der Waals surface area contributed by atoms with Crippen molar-refractivity contribution in [1.82, 2.24) is 0 Å². The second-order valence-corrected chi connectivity index (χ2v) is 6.92. The number of hydrogen-bond donors (Lipinski definition) is 1. The van der Waals surface area contributed by atoms with Gasteiger partial charge >= 0.3 is 11.2 Å². The topological polar surface area (TPSA) is 63.6 Å². The van der Waals surface area contributed by atoms with Crippen LogP contribution in [0.15, 0.2) is 12.1 Å². The van der Waals surface area contributed by atoms with Crippen LogP contribution in [-0.4, -0.2) is 35.0 Å². The molecule has 1 rings (SSSR count). The number of rotatable bonds is 6. The lowest BCUT2D eigenvalue weighted by Crippen LogP contribution is -2.25.